The standard InChI is InChI=1S/C35H44O8/c1-18(2)7-8-20-13-25-24-15-27(37)34(26-16-30(42-12-11-19(3)4)33(39)35(41-6)32(26)38)43-28(24)17-29(40-5)31(25)22-10-9-21(36)14-23(20)22/h9-10,14,16-20,27,34,36-39H,7-8,11-13,15H2,1-6H3/t20-,27-,34+/m1/s1. The maximum absolute atomic E-state index is 11.5. The van der Waals surface area contributed by atoms with E-state index in [9.17, 15) is 20.4 Å². The fourth-order valence-electron chi connectivity index (χ4n) is 6.36. The molecule has 43 heavy (non-hydrogen) atoms. The number of aromatic hydroxyl groups is 3. The smallest absolute Gasteiger partial charge is 0.207 e. The van der Waals surface area contributed by atoms with E-state index >= 15 is 0 Å². The molecule has 0 amide bonds. The van der Waals surface area contributed by atoms with Gasteiger partial charge in [0.05, 0.1) is 26.9 Å². The summed E-state index contributed by atoms with van der Waals surface area (Å²) in [6.07, 6.45) is 1.87. The first-order valence-electron chi connectivity index (χ1n) is 15.2. The van der Waals surface area contributed by atoms with Crippen LogP contribution in [0.5, 0.6) is 40.2 Å². The largest absolute Gasteiger partial charge is 0.508 e. The molecular weight excluding hydrogens is 548 g/mol. The normalized spacial score (nSPS) is 19.0. The van der Waals surface area contributed by atoms with E-state index in [-0.39, 0.29) is 40.2 Å². The summed E-state index contributed by atoms with van der Waals surface area (Å²) < 4.78 is 23.6. The van der Waals surface area contributed by atoms with Crippen LogP contribution in [0.3, 0.4) is 0 Å². The molecule has 8 nitrogen and oxygen atoms in total. The van der Waals surface area contributed by atoms with Crippen LogP contribution in [0.1, 0.15) is 81.2 Å². The van der Waals surface area contributed by atoms with Gasteiger partial charge in [0.1, 0.15) is 17.2 Å². The molecule has 8 heteroatoms. The Labute approximate surface area is 253 Å². The Morgan fingerprint density at radius 2 is 1.58 bits per heavy atom. The molecule has 3 atom stereocenters. The van der Waals surface area contributed by atoms with E-state index in [0.717, 1.165) is 53.5 Å². The number of phenolic OH excluding ortho intramolecular Hbond substituents is 3. The Morgan fingerprint density at radius 1 is 0.837 bits per heavy atom. The molecule has 1 aliphatic heterocycles. The predicted molar refractivity (Wildman–Crippen MR) is 165 cm³/mol. The third kappa shape index (κ3) is 5.90. The average molecular weight is 593 g/mol. The Bertz CT molecular complexity index is 1480. The first-order valence-corrected chi connectivity index (χ1v) is 15.2. The molecule has 1 heterocycles. The van der Waals surface area contributed by atoms with E-state index in [1.54, 1.807) is 13.2 Å². The highest BCUT2D eigenvalue weighted by atomic mass is 16.5. The molecule has 0 unspecified atom stereocenters. The minimum Gasteiger partial charge on any atom is -0.508 e. The number of aliphatic hydroxyl groups is 1. The molecule has 0 saturated carbocycles. The second-order valence-corrected chi connectivity index (χ2v) is 12.6. The Kier molecular flexibility index (Phi) is 8.88. The number of ether oxygens (including phenoxy) is 4. The first-order chi connectivity index (χ1) is 20.5. The van der Waals surface area contributed by atoms with Gasteiger partial charge < -0.3 is 39.4 Å². The van der Waals surface area contributed by atoms with Gasteiger partial charge in [-0.2, -0.15) is 0 Å². The summed E-state index contributed by atoms with van der Waals surface area (Å²) in [4.78, 5) is 0. The summed E-state index contributed by atoms with van der Waals surface area (Å²) in [6.45, 7) is 8.96. The molecule has 0 bridgehead atoms. The summed E-state index contributed by atoms with van der Waals surface area (Å²) in [6, 6.07) is 8.88. The van der Waals surface area contributed by atoms with E-state index in [4.69, 9.17) is 18.9 Å². The second kappa shape index (κ2) is 12.4. The minimum atomic E-state index is -0.996. The predicted octanol–water partition coefficient (Wildman–Crippen LogP) is 7.03. The number of hydrogen-bond donors (Lipinski definition) is 4. The van der Waals surface area contributed by atoms with Crippen LogP contribution in [0.15, 0.2) is 30.3 Å². The van der Waals surface area contributed by atoms with Crippen molar-refractivity contribution in [1.29, 1.82) is 0 Å². The number of methoxy groups -OCH3 is 2. The van der Waals surface area contributed by atoms with Crippen LogP contribution in [0, 0.1) is 11.8 Å². The van der Waals surface area contributed by atoms with Gasteiger partial charge in [-0.05, 0) is 71.9 Å². The number of fused-ring (bicyclic) bond motifs is 5. The molecule has 3 aromatic rings. The lowest BCUT2D eigenvalue weighted by Crippen LogP contribution is -2.32. The van der Waals surface area contributed by atoms with Crippen LogP contribution in [0.4, 0.5) is 0 Å². The van der Waals surface area contributed by atoms with Gasteiger partial charge in [-0.25, -0.2) is 0 Å². The Balaban J connectivity index is 1.58. The van der Waals surface area contributed by atoms with Gasteiger partial charge in [-0.1, -0.05) is 40.2 Å². The number of aliphatic hydroxyl groups excluding tert-OH is 1. The van der Waals surface area contributed by atoms with Gasteiger partial charge in [0.25, 0.3) is 0 Å². The molecule has 0 fully saturated rings. The fourth-order valence-corrected chi connectivity index (χ4v) is 6.36. The molecule has 2 aliphatic rings. The van der Waals surface area contributed by atoms with Crippen molar-refractivity contribution in [3.8, 4) is 51.4 Å². The molecular formula is C35H44O8. The monoisotopic (exact) mass is 592 g/mol. The van der Waals surface area contributed by atoms with Crippen molar-refractivity contribution in [2.45, 2.75) is 77.9 Å². The lowest BCUT2D eigenvalue weighted by Gasteiger charge is -2.37. The lowest BCUT2D eigenvalue weighted by atomic mass is 9.73. The molecule has 232 valence electrons. The van der Waals surface area contributed by atoms with Gasteiger partial charge in [0.15, 0.2) is 17.6 Å². The van der Waals surface area contributed by atoms with Crippen LogP contribution in [-0.4, -0.2) is 47.4 Å². The van der Waals surface area contributed by atoms with Crippen molar-refractivity contribution < 1.29 is 39.4 Å². The second-order valence-electron chi connectivity index (χ2n) is 12.6. The minimum absolute atomic E-state index is 0.130. The van der Waals surface area contributed by atoms with Crippen LogP contribution >= 0.6 is 0 Å². The number of rotatable bonds is 10. The third-order valence-electron chi connectivity index (χ3n) is 8.68. The number of phenols is 3. The molecule has 0 aromatic heterocycles. The average Bonchev–Trinajstić information content (AvgIpc) is 2.96. The van der Waals surface area contributed by atoms with E-state index in [1.807, 2.05) is 18.2 Å². The zero-order chi connectivity index (χ0) is 31.0. The molecule has 0 saturated heterocycles. The van der Waals surface area contributed by atoms with Gasteiger partial charge in [0.2, 0.25) is 11.5 Å². The van der Waals surface area contributed by atoms with E-state index in [2.05, 4.69) is 27.7 Å². The first kappa shape index (κ1) is 30.7. The SMILES string of the molecule is COc1cc2c(c3c1-c1ccc(O)cc1[C@H](CCC(C)C)C3)C[C@@H](O)[C@H](c1cc(OCCC(C)C)c(O)c(OC)c1O)O2. The van der Waals surface area contributed by atoms with Crippen molar-refractivity contribution >= 4 is 0 Å². The van der Waals surface area contributed by atoms with Crippen molar-refractivity contribution in [2.24, 2.45) is 11.8 Å². The van der Waals surface area contributed by atoms with Crippen molar-refractivity contribution in [3.63, 3.8) is 0 Å². The van der Waals surface area contributed by atoms with E-state index in [1.165, 1.54) is 13.2 Å². The zero-order valence-corrected chi connectivity index (χ0v) is 25.9. The Hall–Kier alpha value is -3.78. The van der Waals surface area contributed by atoms with Gasteiger partial charge in [-0.15, -0.1) is 0 Å². The van der Waals surface area contributed by atoms with Crippen molar-refractivity contribution in [3.05, 3.63) is 52.6 Å². The van der Waals surface area contributed by atoms with Crippen LogP contribution in [0.2, 0.25) is 0 Å². The maximum Gasteiger partial charge on any atom is 0.207 e. The highest BCUT2D eigenvalue weighted by molar-refractivity contribution is 5.82. The van der Waals surface area contributed by atoms with Crippen LogP contribution in [-0.2, 0) is 12.8 Å². The Morgan fingerprint density at radius 3 is 2.26 bits per heavy atom. The zero-order valence-electron chi connectivity index (χ0n) is 25.9. The maximum atomic E-state index is 11.5. The van der Waals surface area contributed by atoms with Crippen LogP contribution in [0.25, 0.3) is 11.1 Å². The molecule has 4 N–H and O–H groups in total. The molecule has 0 spiro atoms. The third-order valence-corrected chi connectivity index (χ3v) is 8.68. The van der Waals surface area contributed by atoms with Gasteiger partial charge >= 0.3 is 0 Å². The summed E-state index contributed by atoms with van der Waals surface area (Å²) in [5, 5.41) is 43.7. The van der Waals surface area contributed by atoms with Crippen molar-refractivity contribution in [2.75, 3.05) is 20.8 Å². The highest BCUT2D eigenvalue weighted by Gasteiger charge is 2.39. The number of hydrogen-bond acceptors (Lipinski definition) is 8. The molecule has 0 radical (unpaired) electrons. The van der Waals surface area contributed by atoms with E-state index < -0.39 is 12.2 Å². The summed E-state index contributed by atoms with van der Waals surface area (Å²) in [5.41, 5.74) is 5.33. The van der Waals surface area contributed by atoms with Crippen molar-refractivity contribution in [1.82, 2.24) is 0 Å². The summed E-state index contributed by atoms with van der Waals surface area (Å²) in [7, 11) is 2.98. The van der Waals surface area contributed by atoms with Gasteiger partial charge in [0, 0.05) is 29.2 Å². The number of benzene rings is 3. The van der Waals surface area contributed by atoms with E-state index in [0.29, 0.717) is 36.4 Å². The highest BCUT2D eigenvalue weighted by Crippen LogP contribution is 2.54. The molecule has 1 aliphatic carbocycles. The lowest BCUT2D eigenvalue weighted by molar-refractivity contribution is 0.0186. The molecule has 3 aromatic carbocycles. The summed E-state index contributed by atoms with van der Waals surface area (Å²) in [5.74, 6) is 2.02. The van der Waals surface area contributed by atoms with Gasteiger partial charge in [-0.3, -0.25) is 0 Å². The molecule has 5 rings (SSSR count). The quantitative estimate of drug-likeness (QED) is 0.198. The summed E-state index contributed by atoms with van der Waals surface area (Å²) >= 11 is 0. The fraction of sp³-hybridized carbons (Fsp3) is 0.486. The topological polar surface area (TPSA) is 118 Å². The van der Waals surface area contributed by atoms with Crippen LogP contribution < -0.4 is 18.9 Å².